The van der Waals surface area contributed by atoms with E-state index in [4.69, 9.17) is 4.74 Å². The second-order valence-corrected chi connectivity index (χ2v) is 4.23. The highest BCUT2D eigenvalue weighted by Crippen LogP contribution is 2.29. The van der Waals surface area contributed by atoms with E-state index in [9.17, 15) is 9.18 Å². The van der Waals surface area contributed by atoms with Crippen LogP contribution in [0.1, 0.15) is 12.0 Å². The van der Waals surface area contributed by atoms with E-state index in [1.807, 2.05) is 0 Å². The van der Waals surface area contributed by atoms with Crippen molar-refractivity contribution >= 4 is 11.6 Å². The molecule has 16 heavy (non-hydrogen) atoms. The number of ether oxygens (including phenoxy) is 1. The Morgan fingerprint density at radius 3 is 3.00 bits per heavy atom. The van der Waals surface area contributed by atoms with Gasteiger partial charge in [0.1, 0.15) is 5.82 Å². The summed E-state index contributed by atoms with van der Waals surface area (Å²) < 4.78 is 18.2. The number of aryl methyl sites for hydroxylation is 1. The predicted molar refractivity (Wildman–Crippen MR) is 56.8 cm³/mol. The van der Waals surface area contributed by atoms with Gasteiger partial charge in [0.2, 0.25) is 5.91 Å². The highest BCUT2D eigenvalue weighted by molar-refractivity contribution is 5.96. The largest absolute Gasteiger partial charge is 0.371 e. The molecule has 84 valence electrons. The Hall–Kier alpha value is -1.42. The summed E-state index contributed by atoms with van der Waals surface area (Å²) in [7, 11) is 0. The lowest BCUT2D eigenvalue weighted by molar-refractivity contribution is -0.119. The van der Waals surface area contributed by atoms with E-state index in [-0.39, 0.29) is 17.8 Å². The van der Waals surface area contributed by atoms with Gasteiger partial charge >= 0.3 is 0 Å². The molecule has 1 atom stereocenters. The Kier molecular flexibility index (Phi) is 2.17. The van der Waals surface area contributed by atoms with Crippen LogP contribution in [-0.2, 0) is 16.0 Å². The highest BCUT2D eigenvalue weighted by atomic mass is 19.1. The van der Waals surface area contributed by atoms with E-state index >= 15 is 0 Å². The number of carbonyl (C=O) groups is 1. The monoisotopic (exact) mass is 221 g/mol. The summed E-state index contributed by atoms with van der Waals surface area (Å²) in [5.74, 6) is -0.134. The fraction of sp³-hybridized carbons (Fsp3) is 0.417. The van der Waals surface area contributed by atoms with Gasteiger partial charge in [0.15, 0.2) is 0 Å². The molecule has 1 aromatic rings. The number of amides is 1. The predicted octanol–water partition coefficient (Wildman–Crippen LogP) is 1.50. The van der Waals surface area contributed by atoms with Crippen molar-refractivity contribution in [3.05, 3.63) is 29.6 Å². The average molecular weight is 221 g/mol. The van der Waals surface area contributed by atoms with Crippen molar-refractivity contribution < 1.29 is 13.9 Å². The standard InChI is InChI=1S/C12H12FNO2/c13-9-2-3-11-8(5-9)1-4-12(15)14(11)6-10-7-16-10/h2-3,5,10H,1,4,6-7H2. The molecule has 0 N–H and O–H groups in total. The zero-order valence-corrected chi connectivity index (χ0v) is 8.78. The molecule has 1 unspecified atom stereocenters. The Morgan fingerprint density at radius 2 is 2.25 bits per heavy atom. The summed E-state index contributed by atoms with van der Waals surface area (Å²) in [6, 6.07) is 4.60. The summed E-state index contributed by atoms with van der Waals surface area (Å²) in [4.78, 5) is 13.5. The van der Waals surface area contributed by atoms with Crippen LogP contribution < -0.4 is 4.90 Å². The molecule has 3 rings (SSSR count). The van der Waals surface area contributed by atoms with Gasteiger partial charge < -0.3 is 9.64 Å². The molecule has 2 heterocycles. The van der Waals surface area contributed by atoms with Gasteiger partial charge in [0.05, 0.1) is 19.3 Å². The van der Waals surface area contributed by atoms with E-state index in [0.717, 1.165) is 17.9 Å². The second-order valence-electron chi connectivity index (χ2n) is 4.23. The topological polar surface area (TPSA) is 32.8 Å². The molecular weight excluding hydrogens is 209 g/mol. The molecule has 0 aliphatic carbocycles. The Labute approximate surface area is 92.8 Å². The van der Waals surface area contributed by atoms with Gasteiger partial charge in [-0.05, 0) is 30.2 Å². The molecule has 2 aliphatic rings. The molecule has 0 spiro atoms. The van der Waals surface area contributed by atoms with Crippen LogP contribution in [0.15, 0.2) is 18.2 Å². The van der Waals surface area contributed by atoms with Gasteiger partial charge in [-0.15, -0.1) is 0 Å². The van der Waals surface area contributed by atoms with Crippen molar-refractivity contribution in [3.63, 3.8) is 0 Å². The number of fused-ring (bicyclic) bond motifs is 1. The fourth-order valence-corrected chi connectivity index (χ4v) is 2.11. The molecule has 1 aromatic carbocycles. The lowest BCUT2D eigenvalue weighted by Gasteiger charge is -2.28. The number of anilines is 1. The first-order valence-corrected chi connectivity index (χ1v) is 5.44. The van der Waals surface area contributed by atoms with Crippen molar-refractivity contribution in [2.45, 2.75) is 18.9 Å². The minimum atomic E-state index is -0.240. The van der Waals surface area contributed by atoms with E-state index in [1.165, 1.54) is 12.1 Å². The van der Waals surface area contributed by atoms with Gasteiger partial charge in [-0.25, -0.2) is 4.39 Å². The molecule has 4 heteroatoms. The fourth-order valence-electron chi connectivity index (χ4n) is 2.11. The summed E-state index contributed by atoms with van der Waals surface area (Å²) in [6.07, 6.45) is 1.26. The number of halogens is 1. The quantitative estimate of drug-likeness (QED) is 0.709. The maximum absolute atomic E-state index is 13.1. The van der Waals surface area contributed by atoms with Crippen molar-refractivity contribution in [1.29, 1.82) is 0 Å². The number of hydrogen-bond donors (Lipinski definition) is 0. The lowest BCUT2D eigenvalue weighted by Crippen LogP contribution is -2.37. The number of benzene rings is 1. The molecule has 1 saturated heterocycles. The zero-order valence-electron chi connectivity index (χ0n) is 8.78. The maximum atomic E-state index is 13.1. The van der Waals surface area contributed by atoms with Crippen molar-refractivity contribution in [2.24, 2.45) is 0 Å². The normalized spacial score (nSPS) is 23.2. The minimum absolute atomic E-state index is 0.106. The van der Waals surface area contributed by atoms with Crippen molar-refractivity contribution in [2.75, 3.05) is 18.1 Å². The van der Waals surface area contributed by atoms with Gasteiger partial charge in [-0.3, -0.25) is 4.79 Å². The Bertz CT molecular complexity index is 443. The Balaban J connectivity index is 1.95. The van der Waals surface area contributed by atoms with Crippen LogP contribution in [-0.4, -0.2) is 25.2 Å². The van der Waals surface area contributed by atoms with Crippen LogP contribution in [0.25, 0.3) is 0 Å². The summed E-state index contributed by atoms with van der Waals surface area (Å²) in [5.41, 5.74) is 1.76. The van der Waals surface area contributed by atoms with Crippen LogP contribution in [0.5, 0.6) is 0 Å². The van der Waals surface area contributed by atoms with E-state index in [2.05, 4.69) is 0 Å². The summed E-state index contributed by atoms with van der Waals surface area (Å²) in [6.45, 7) is 1.32. The molecule has 0 radical (unpaired) electrons. The third-order valence-corrected chi connectivity index (χ3v) is 3.03. The molecule has 2 aliphatic heterocycles. The number of rotatable bonds is 2. The average Bonchev–Trinajstić information content (AvgIpc) is 3.06. The van der Waals surface area contributed by atoms with Crippen LogP contribution in [0, 0.1) is 5.82 Å². The van der Waals surface area contributed by atoms with Crippen LogP contribution in [0.3, 0.4) is 0 Å². The minimum Gasteiger partial charge on any atom is -0.371 e. The SMILES string of the molecule is O=C1CCc2cc(F)ccc2N1CC1CO1. The van der Waals surface area contributed by atoms with Gasteiger partial charge in [0.25, 0.3) is 0 Å². The van der Waals surface area contributed by atoms with Gasteiger partial charge in [-0.2, -0.15) is 0 Å². The molecular formula is C12H12FNO2. The third kappa shape index (κ3) is 1.69. The molecule has 0 bridgehead atoms. The first kappa shape index (κ1) is 9.78. The smallest absolute Gasteiger partial charge is 0.227 e. The molecule has 1 amide bonds. The highest BCUT2D eigenvalue weighted by Gasteiger charge is 2.31. The van der Waals surface area contributed by atoms with Gasteiger partial charge in [0, 0.05) is 12.1 Å². The van der Waals surface area contributed by atoms with Gasteiger partial charge in [-0.1, -0.05) is 0 Å². The van der Waals surface area contributed by atoms with Crippen molar-refractivity contribution in [3.8, 4) is 0 Å². The second kappa shape index (κ2) is 3.56. The number of epoxide rings is 1. The van der Waals surface area contributed by atoms with Crippen LogP contribution >= 0.6 is 0 Å². The summed E-state index contributed by atoms with van der Waals surface area (Å²) >= 11 is 0. The van der Waals surface area contributed by atoms with Crippen LogP contribution in [0.4, 0.5) is 10.1 Å². The molecule has 0 aromatic heterocycles. The van der Waals surface area contributed by atoms with E-state index in [1.54, 1.807) is 11.0 Å². The first-order valence-electron chi connectivity index (χ1n) is 5.44. The van der Waals surface area contributed by atoms with Crippen molar-refractivity contribution in [1.82, 2.24) is 0 Å². The number of carbonyl (C=O) groups excluding carboxylic acids is 1. The molecule has 1 fully saturated rings. The number of nitrogens with zero attached hydrogens (tertiary/aromatic N) is 1. The molecule has 3 nitrogen and oxygen atoms in total. The van der Waals surface area contributed by atoms with Crippen LogP contribution in [0.2, 0.25) is 0 Å². The summed E-state index contributed by atoms with van der Waals surface area (Å²) in [5, 5.41) is 0. The van der Waals surface area contributed by atoms with E-state index in [0.29, 0.717) is 19.4 Å². The number of hydrogen-bond acceptors (Lipinski definition) is 2. The zero-order chi connectivity index (χ0) is 11.1. The lowest BCUT2D eigenvalue weighted by atomic mass is 10.0. The Morgan fingerprint density at radius 1 is 1.44 bits per heavy atom. The third-order valence-electron chi connectivity index (χ3n) is 3.03. The first-order chi connectivity index (χ1) is 7.74. The molecule has 0 saturated carbocycles. The van der Waals surface area contributed by atoms with E-state index < -0.39 is 0 Å². The maximum Gasteiger partial charge on any atom is 0.227 e.